The average Bonchev–Trinajstić information content (AvgIpc) is 2.66. The number of rotatable bonds is 6. The molecule has 0 atom stereocenters. The Kier molecular flexibility index (Phi) is 5.24. The molecule has 0 N–H and O–H groups in total. The summed E-state index contributed by atoms with van der Waals surface area (Å²) in [6.45, 7) is 14.3. The molecule has 1 heterocycles. The van der Waals surface area contributed by atoms with Gasteiger partial charge in [-0.2, -0.15) is 0 Å². The summed E-state index contributed by atoms with van der Waals surface area (Å²) in [7, 11) is -1.25. The zero-order chi connectivity index (χ0) is 13.1. The molecule has 0 aromatic rings. The number of hydrogen-bond donors (Lipinski definition) is 0. The maximum absolute atomic E-state index is 2.44. The van der Waals surface area contributed by atoms with Gasteiger partial charge >= 0.3 is 0 Å². The van der Waals surface area contributed by atoms with E-state index in [1.807, 2.05) is 10.4 Å². The topological polar surface area (TPSA) is 0 Å². The fourth-order valence-electron chi connectivity index (χ4n) is 4.18. The minimum absolute atomic E-state index is 1.25. The van der Waals surface area contributed by atoms with Crippen LogP contribution in [0.1, 0.15) is 67.2 Å². The maximum atomic E-state index is 2.44. The van der Waals surface area contributed by atoms with Crippen molar-refractivity contribution in [1.29, 1.82) is 0 Å². The molecule has 1 rings (SSSR count). The molecule has 0 unspecified atom stereocenters. The van der Waals surface area contributed by atoms with Gasteiger partial charge in [-0.1, -0.05) is 64.0 Å². The molecule has 0 spiro atoms. The standard InChI is InChI=1S/C16H30Si/c1-7-13-14(8-2)16(10-4)17(11-5,12-6)15(13)9-3/h7-12H2,1-6H3. The molecule has 0 bridgehead atoms. The molecular weight excluding hydrogens is 220 g/mol. The third-order valence-electron chi connectivity index (χ3n) is 4.87. The van der Waals surface area contributed by atoms with E-state index in [0.717, 1.165) is 0 Å². The van der Waals surface area contributed by atoms with Gasteiger partial charge in [0.25, 0.3) is 0 Å². The summed E-state index contributed by atoms with van der Waals surface area (Å²) in [5, 5.41) is 3.80. The van der Waals surface area contributed by atoms with Crippen molar-refractivity contribution in [1.82, 2.24) is 0 Å². The third-order valence-corrected chi connectivity index (χ3v) is 10.9. The quantitative estimate of drug-likeness (QED) is 0.523. The Bertz CT molecular complexity index is 299. The second-order valence-electron chi connectivity index (χ2n) is 5.12. The van der Waals surface area contributed by atoms with Crippen LogP contribution in [0.2, 0.25) is 12.1 Å². The lowest BCUT2D eigenvalue weighted by molar-refractivity contribution is 0.985. The van der Waals surface area contributed by atoms with Crippen LogP contribution in [0.5, 0.6) is 0 Å². The smallest absolute Gasteiger partial charge is 0.0728 e. The van der Waals surface area contributed by atoms with Gasteiger partial charge in [0.2, 0.25) is 0 Å². The molecule has 0 radical (unpaired) electrons. The SMILES string of the molecule is CCC1=C(CC)[Si](CC)(CC)C(CC)=C1CC. The van der Waals surface area contributed by atoms with E-state index in [9.17, 15) is 0 Å². The van der Waals surface area contributed by atoms with Crippen LogP contribution in [0.4, 0.5) is 0 Å². The molecule has 0 fully saturated rings. The van der Waals surface area contributed by atoms with E-state index in [4.69, 9.17) is 0 Å². The predicted molar refractivity (Wildman–Crippen MR) is 81.9 cm³/mol. The van der Waals surface area contributed by atoms with E-state index in [-0.39, 0.29) is 0 Å². The lowest BCUT2D eigenvalue weighted by Crippen LogP contribution is -2.36. The van der Waals surface area contributed by atoms with Crippen molar-refractivity contribution >= 4 is 8.07 Å². The molecule has 0 saturated carbocycles. The fourth-order valence-corrected chi connectivity index (χ4v) is 9.92. The van der Waals surface area contributed by atoms with Crippen LogP contribution in [0.3, 0.4) is 0 Å². The van der Waals surface area contributed by atoms with Gasteiger partial charge in [-0.3, -0.25) is 0 Å². The molecule has 0 amide bonds. The summed E-state index contributed by atoms with van der Waals surface area (Å²) in [5.74, 6) is 0. The molecule has 0 saturated heterocycles. The Morgan fingerprint density at radius 3 is 1.12 bits per heavy atom. The molecule has 1 aliphatic heterocycles. The highest BCUT2D eigenvalue weighted by atomic mass is 28.3. The second-order valence-corrected chi connectivity index (χ2v) is 9.90. The first-order valence-electron chi connectivity index (χ1n) is 7.61. The van der Waals surface area contributed by atoms with Crippen LogP contribution in [-0.2, 0) is 0 Å². The normalized spacial score (nSPS) is 19.4. The van der Waals surface area contributed by atoms with Crippen molar-refractivity contribution in [2.75, 3.05) is 0 Å². The Balaban J connectivity index is 3.45. The van der Waals surface area contributed by atoms with Gasteiger partial charge in [0.1, 0.15) is 8.07 Å². The molecule has 0 aromatic heterocycles. The van der Waals surface area contributed by atoms with Crippen molar-refractivity contribution in [2.45, 2.75) is 79.3 Å². The Labute approximate surface area is 109 Å². The molecule has 17 heavy (non-hydrogen) atoms. The molecule has 0 aromatic carbocycles. The zero-order valence-corrected chi connectivity index (χ0v) is 13.7. The van der Waals surface area contributed by atoms with Gasteiger partial charge in [0.15, 0.2) is 0 Å². The summed E-state index contributed by atoms with van der Waals surface area (Å²) in [6.07, 6.45) is 5.10. The predicted octanol–water partition coefficient (Wildman–Crippen LogP) is 5.80. The fraction of sp³-hybridized carbons (Fsp3) is 0.750. The molecule has 0 aliphatic carbocycles. The summed E-state index contributed by atoms with van der Waals surface area (Å²) in [5.41, 5.74) is 3.53. The minimum Gasteiger partial charge on any atom is -0.0728 e. The largest absolute Gasteiger partial charge is 0.109 e. The monoisotopic (exact) mass is 250 g/mol. The van der Waals surface area contributed by atoms with E-state index < -0.39 is 8.07 Å². The van der Waals surface area contributed by atoms with Gasteiger partial charge in [-0.25, -0.2) is 0 Å². The highest BCUT2D eigenvalue weighted by Gasteiger charge is 2.43. The molecular formula is C16H30Si. The highest BCUT2D eigenvalue weighted by Crippen LogP contribution is 2.48. The zero-order valence-electron chi connectivity index (χ0n) is 12.7. The summed E-state index contributed by atoms with van der Waals surface area (Å²) in [6, 6.07) is 2.84. The molecule has 98 valence electrons. The van der Waals surface area contributed by atoms with Gasteiger partial charge in [-0.15, -0.1) is 0 Å². The maximum Gasteiger partial charge on any atom is 0.109 e. The first kappa shape index (κ1) is 14.8. The van der Waals surface area contributed by atoms with Crippen molar-refractivity contribution in [2.24, 2.45) is 0 Å². The summed E-state index contributed by atoms with van der Waals surface area (Å²) >= 11 is 0. The van der Waals surface area contributed by atoms with Crippen molar-refractivity contribution in [3.8, 4) is 0 Å². The van der Waals surface area contributed by atoms with E-state index in [1.165, 1.54) is 37.8 Å². The van der Waals surface area contributed by atoms with Gasteiger partial charge in [-0.05, 0) is 36.8 Å². The summed E-state index contributed by atoms with van der Waals surface area (Å²) < 4.78 is 0. The molecule has 1 heteroatoms. The lowest BCUT2D eigenvalue weighted by atomic mass is 9.99. The van der Waals surface area contributed by atoms with Gasteiger partial charge in [0.05, 0.1) is 0 Å². The first-order chi connectivity index (χ1) is 8.16. The third kappa shape index (κ3) is 2.07. The summed E-state index contributed by atoms with van der Waals surface area (Å²) in [4.78, 5) is 0. The van der Waals surface area contributed by atoms with Crippen LogP contribution in [-0.4, -0.2) is 8.07 Å². The highest BCUT2D eigenvalue weighted by molar-refractivity contribution is 6.93. The second kappa shape index (κ2) is 6.04. The van der Waals surface area contributed by atoms with Crippen LogP contribution in [0, 0.1) is 0 Å². The van der Waals surface area contributed by atoms with E-state index >= 15 is 0 Å². The van der Waals surface area contributed by atoms with Crippen LogP contribution in [0.25, 0.3) is 0 Å². The number of hydrogen-bond acceptors (Lipinski definition) is 0. The Morgan fingerprint density at radius 2 is 0.941 bits per heavy atom. The van der Waals surface area contributed by atoms with Gasteiger partial charge < -0.3 is 0 Å². The lowest BCUT2D eigenvalue weighted by Gasteiger charge is -2.31. The van der Waals surface area contributed by atoms with Crippen molar-refractivity contribution in [3.05, 3.63) is 21.5 Å². The molecule has 0 nitrogen and oxygen atoms in total. The Morgan fingerprint density at radius 1 is 0.588 bits per heavy atom. The minimum atomic E-state index is -1.25. The van der Waals surface area contributed by atoms with E-state index in [1.54, 1.807) is 11.1 Å². The van der Waals surface area contributed by atoms with Gasteiger partial charge in [0, 0.05) is 0 Å². The molecule has 1 aliphatic rings. The van der Waals surface area contributed by atoms with Crippen molar-refractivity contribution in [3.63, 3.8) is 0 Å². The average molecular weight is 251 g/mol. The van der Waals surface area contributed by atoms with E-state index in [2.05, 4.69) is 41.5 Å². The van der Waals surface area contributed by atoms with Crippen LogP contribution in [0.15, 0.2) is 21.5 Å². The first-order valence-corrected chi connectivity index (χ1v) is 10.0. The Hall–Kier alpha value is -0.303. The van der Waals surface area contributed by atoms with Crippen molar-refractivity contribution < 1.29 is 0 Å². The van der Waals surface area contributed by atoms with E-state index in [0.29, 0.717) is 0 Å². The number of allylic oxidation sites excluding steroid dienone is 4. The van der Waals surface area contributed by atoms with Crippen LogP contribution >= 0.6 is 0 Å². The van der Waals surface area contributed by atoms with Crippen LogP contribution < -0.4 is 0 Å².